The summed E-state index contributed by atoms with van der Waals surface area (Å²) in [5.74, 6) is 0. The minimum Gasteiger partial charge on any atom is -0.383 e. The molecule has 2 aliphatic heterocycles. The lowest BCUT2D eigenvalue weighted by Gasteiger charge is -2.21. The molecule has 2 aliphatic rings. The Kier molecular flexibility index (Phi) is 3.43. The largest absolute Gasteiger partial charge is 0.383 e. The first-order valence-corrected chi connectivity index (χ1v) is 5.59. The van der Waals surface area contributed by atoms with Crippen LogP contribution in [0.1, 0.15) is 19.3 Å². The van der Waals surface area contributed by atoms with Gasteiger partial charge in [0.05, 0.1) is 6.61 Å². The molecule has 3 atom stereocenters. The zero-order valence-corrected chi connectivity index (χ0v) is 9.08. The normalized spacial score (nSPS) is 33.0. The van der Waals surface area contributed by atoms with E-state index in [0.717, 1.165) is 6.42 Å². The molecular formula is C10H19N3O2. The van der Waals surface area contributed by atoms with Gasteiger partial charge in [-0.25, -0.2) is 4.79 Å². The molecule has 15 heavy (non-hydrogen) atoms. The Labute approximate surface area is 89.9 Å². The molecule has 2 bridgehead atoms. The molecule has 86 valence electrons. The standard InChI is InChI=1S/C10H19N3O2/c1-15-5-4-11-10(14)13-9-6-7-2-3-8(9)12-7/h7-9,12H,2-6H2,1H3,(H2,11,13,14). The van der Waals surface area contributed by atoms with Gasteiger partial charge in [0.15, 0.2) is 0 Å². The van der Waals surface area contributed by atoms with Crippen molar-refractivity contribution in [2.75, 3.05) is 20.3 Å². The highest BCUT2D eigenvalue weighted by Crippen LogP contribution is 2.27. The molecule has 3 unspecified atom stereocenters. The van der Waals surface area contributed by atoms with Crippen LogP contribution in [-0.2, 0) is 4.74 Å². The zero-order valence-electron chi connectivity index (χ0n) is 9.08. The van der Waals surface area contributed by atoms with Crippen molar-refractivity contribution in [3.63, 3.8) is 0 Å². The first kappa shape index (κ1) is 10.7. The molecule has 0 aromatic carbocycles. The van der Waals surface area contributed by atoms with Gasteiger partial charge in [-0.2, -0.15) is 0 Å². The van der Waals surface area contributed by atoms with Crippen molar-refractivity contribution < 1.29 is 9.53 Å². The maximum absolute atomic E-state index is 11.4. The summed E-state index contributed by atoms with van der Waals surface area (Å²) in [5, 5.41) is 9.25. The average Bonchev–Trinajstić information content (AvgIpc) is 2.79. The number of amides is 2. The topological polar surface area (TPSA) is 62.4 Å². The molecule has 5 heteroatoms. The second-order valence-electron chi connectivity index (χ2n) is 4.28. The van der Waals surface area contributed by atoms with E-state index in [1.165, 1.54) is 12.8 Å². The first-order valence-electron chi connectivity index (χ1n) is 5.59. The van der Waals surface area contributed by atoms with Gasteiger partial charge < -0.3 is 20.7 Å². The Morgan fingerprint density at radius 1 is 1.53 bits per heavy atom. The molecule has 2 saturated heterocycles. The van der Waals surface area contributed by atoms with Crippen LogP contribution >= 0.6 is 0 Å². The van der Waals surface area contributed by atoms with E-state index in [4.69, 9.17) is 4.74 Å². The third kappa shape index (κ3) is 2.60. The van der Waals surface area contributed by atoms with Gasteiger partial charge in [-0.15, -0.1) is 0 Å². The van der Waals surface area contributed by atoms with E-state index in [-0.39, 0.29) is 6.03 Å². The Balaban J connectivity index is 1.66. The number of fused-ring (bicyclic) bond motifs is 2. The minimum atomic E-state index is -0.0774. The van der Waals surface area contributed by atoms with E-state index in [1.807, 2.05) is 0 Å². The van der Waals surface area contributed by atoms with E-state index in [2.05, 4.69) is 16.0 Å². The smallest absolute Gasteiger partial charge is 0.315 e. The second kappa shape index (κ2) is 4.81. The molecule has 3 N–H and O–H groups in total. The van der Waals surface area contributed by atoms with E-state index in [0.29, 0.717) is 31.3 Å². The van der Waals surface area contributed by atoms with E-state index < -0.39 is 0 Å². The number of nitrogens with one attached hydrogen (secondary N) is 3. The van der Waals surface area contributed by atoms with Crippen LogP contribution in [0.25, 0.3) is 0 Å². The first-order chi connectivity index (χ1) is 7.29. The maximum Gasteiger partial charge on any atom is 0.315 e. The van der Waals surface area contributed by atoms with Crippen LogP contribution in [0.2, 0.25) is 0 Å². The summed E-state index contributed by atoms with van der Waals surface area (Å²) in [7, 11) is 1.62. The van der Waals surface area contributed by atoms with E-state index >= 15 is 0 Å². The van der Waals surface area contributed by atoms with Gasteiger partial charge in [-0.1, -0.05) is 0 Å². The molecule has 2 heterocycles. The summed E-state index contributed by atoms with van der Waals surface area (Å²) < 4.78 is 4.86. The monoisotopic (exact) mass is 213 g/mol. The summed E-state index contributed by atoms with van der Waals surface area (Å²) in [5.41, 5.74) is 0. The summed E-state index contributed by atoms with van der Waals surface area (Å²) in [4.78, 5) is 11.4. The van der Waals surface area contributed by atoms with Gasteiger partial charge in [-0.05, 0) is 19.3 Å². The van der Waals surface area contributed by atoms with Gasteiger partial charge in [0.1, 0.15) is 0 Å². The minimum absolute atomic E-state index is 0.0774. The van der Waals surface area contributed by atoms with E-state index in [9.17, 15) is 4.79 Å². The number of carbonyl (C=O) groups excluding carboxylic acids is 1. The molecule has 0 aromatic rings. The summed E-state index contributed by atoms with van der Waals surface area (Å²) in [6, 6.07) is 1.35. The van der Waals surface area contributed by atoms with Crippen LogP contribution in [0.15, 0.2) is 0 Å². The van der Waals surface area contributed by atoms with Crippen LogP contribution in [-0.4, -0.2) is 44.4 Å². The van der Waals surface area contributed by atoms with Gasteiger partial charge in [0, 0.05) is 31.8 Å². The Hall–Kier alpha value is -0.810. The third-order valence-corrected chi connectivity index (χ3v) is 3.21. The molecule has 0 aliphatic carbocycles. The predicted molar refractivity (Wildman–Crippen MR) is 56.8 cm³/mol. The number of methoxy groups -OCH3 is 1. The zero-order chi connectivity index (χ0) is 10.7. The molecule has 2 fully saturated rings. The van der Waals surface area contributed by atoms with Crippen molar-refractivity contribution in [3.8, 4) is 0 Å². The van der Waals surface area contributed by atoms with Crippen LogP contribution < -0.4 is 16.0 Å². The maximum atomic E-state index is 11.4. The Bertz CT molecular complexity index is 235. The highest BCUT2D eigenvalue weighted by atomic mass is 16.5. The van der Waals surface area contributed by atoms with Crippen molar-refractivity contribution in [3.05, 3.63) is 0 Å². The average molecular weight is 213 g/mol. The number of ether oxygens (including phenoxy) is 1. The summed E-state index contributed by atoms with van der Waals surface area (Å²) in [6.45, 7) is 1.12. The number of rotatable bonds is 4. The molecule has 2 rings (SSSR count). The van der Waals surface area contributed by atoms with Crippen molar-refractivity contribution in [2.45, 2.75) is 37.4 Å². The molecule has 0 spiro atoms. The number of carbonyl (C=O) groups is 1. The highest BCUT2D eigenvalue weighted by molar-refractivity contribution is 5.74. The molecule has 0 radical (unpaired) electrons. The lowest BCUT2D eigenvalue weighted by Crippen LogP contribution is -2.47. The van der Waals surface area contributed by atoms with Crippen molar-refractivity contribution in [1.29, 1.82) is 0 Å². The SMILES string of the molecule is COCCNC(=O)NC1CC2CCC1N2. The number of hydrogen-bond acceptors (Lipinski definition) is 3. The molecular weight excluding hydrogens is 194 g/mol. The second-order valence-corrected chi connectivity index (χ2v) is 4.28. The van der Waals surface area contributed by atoms with Crippen LogP contribution in [0.5, 0.6) is 0 Å². The van der Waals surface area contributed by atoms with Gasteiger partial charge >= 0.3 is 6.03 Å². The van der Waals surface area contributed by atoms with Crippen molar-refractivity contribution in [1.82, 2.24) is 16.0 Å². The van der Waals surface area contributed by atoms with Gasteiger partial charge in [0.2, 0.25) is 0 Å². The van der Waals surface area contributed by atoms with Crippen molar-refractivity contribution in [2.24, 2.45) is 0 Å². The van der Waals surface area contributed by atoms with Crippen LogP contribution in [0.3, 0.4) is 0 Å². The Morgan fingerprint density at radius 2 is 2.40 bits per heavy atom. The lowest BCUT2D eigenvalue weighted by molar-refractivity contribution is 0.194. The lowest BCUT2D eigenvalue weighted by atomic mass is 9.96. The number of hydrogen-bond donors (Lipinski definition) is 3. The fourth-order valence-corrected chi connectivity index (χ4v) is 2.47. The summed E-state index contributed by atoms with van der Waals surface area (Å²) in [6.07, 6.45) is 3.52. The molecule has 0 saturated carbocycles. The van der Waals surface area contributed by atoms with Crippen molar-refractivity contribution >= 4 is 6.03 Å². The predicted octanol–water partition coefficient (Wildman–Crippen LogP) is -0.175. The van der Waals surface area contributed by atoms with E-state index in [1.54, 1.807) is 7.11 Å². The van der Waals surface area contributed by atoms with Crippen LogP contribution in [0, 0.1) is 0 Å². The fraction of sp³-hybridized carbons (Fsp3) is 0.900. The molecule has 2 amide bonds. The quantitative estimate of drug-likeness (QED) is 0.568. The van der Waals surface area contributed by atoms with Gasteiger partial charge in [0.25, 0.3) is 0 Å². The molecule has 5 nitrogen and oxygen atoms in total. The number of urea groups is 1. The third-order valence-electron chi connectivity index (χ3n) is 3.21. The van der Waals surface area contributed by atoms with Gasteiger partial charge in [-0.3, -0.25) is 0 Å². The highest BCUT2D eigenvalue weighted by Gasteiger charge is 2.39. The summed E-state index contributed by atoms with van der Waals surface area (Å²) >= 11 is 0. The Morgan fingerprint density at radius 3 is 3.00 bits per heavy atom. The fourth-order valence-electron chi connectivity index (χ4n) is 2.47. The molecule has 0 aromatic heterocycles. The van der Waals surface area contributed by atoms with Crippen LogP contribution in [0.4, 0.5) is 4.79 Å².